The van der Waals surface area contributed by atoms with Crippen LogP contribution < -0.4 is 5.73 Å². The maximum atomic E-state index is 12.6. The molecule has 0 radical (unpaired) electrons. The normalized spacial score (nSPS) is 20.9. The van der Waals surface area contributed by atoms with Crippen molar-refractivity contribution in [3.63, 3.8) is 0 Å². The van der Waals surface area contributed by atoms with Gasteiger partial charge >= 0.3 is 0 Å². The Morgan fingerprint density at radius 1 is 1.14 bits per heavy atom. The molecule has 4 nitrogen and oxygen atoms in total. The Balaban J connectivity index is 1.63. The molecule has 1 amide bonds. The van der Waals surface area contributed by atoms with E-state index in [0.29, 0.717) is 22.3 Å². The van der Waals surface area contributed by atoms with Gasteiger partial charge in [-0.1, -0.05) is 17.7 Å². The maximum Gasteiger partial charge on any atom is 0.255 e. The van der Waals surface area contributed by atoms with E-state index in [1.807, 2.05) is 4.90 Å². The molecule has 2 saturated heterocycles. The maximum absolute atomic E-state index is 12.6. The fraction of sp³-hybridized carbons (Fsp3) is 0.562. The Kier molecular flexibility index (Phi) is 4.36. The molecule has 1 aromatic carbocycles. The van der Waals surface area contributed by atoms with Crippen LogP contribution in [0.1, 0.15) is 36.0 Å². The SMILES string of the molecule is Nc1cccc(C(=O)N2CCC(N3CCCC3)CC2)c1Cl. The molecule has 2 aliphatic heterocycles. The number of amides is 1. The molecule has 0 spiro atoms. The van der Waals surface area contributed by atoms with E-state index in [1.54, 1.807) is 18.2 Å². The average molecular weight is 308 g/mol. The van der Waals surface area contributed by atoms with Gasteiger partial charge in [-0.25, -0.2) is 0 Å². The highest BCUT2D eigenvalue weighted by molar-refractivity contribution is 6.36. The van der Waals surface area contributed by atoms with Gasteiger partial charge in [0, 0.05) is 19.1 Å². The Morgan fingerprint density at radius 2 is 1.81 bits per heavy atom. The largest absolute Gasteiger partial charge is 0.398 e. The van der Waals surface area contributed by atoms with Crippen LogP contribution in [0.15, 0.2) is 18.2 Å². The summed E-state index contributed by atoms with van der Waals surface area (Å²) in [6.45, 7) is 4.07. The molecule has 5 heteroatoms. The van der Waals surface area contributed by atoms with Crippen LogP contribution in [0, 0.1) is 0 Å². The molecular formula is C16H22ClN3O. The molecule has 21 heavy (non-hydrogen) atoms. The van der Waals surface area contributed by atoms with Gasteiger partial charge in [0.25, 0.3) is 5.91 Å². The molecule has 0 saturated carbocycles. The molecule has 2 fully saturated rings. The summed E-state index contributed by atoms with van der Waals surface area (Å²) in [7, 11) is 0. The first-order valence-electron chi connectivity index (χ1n) is 7.74. The molecule has 2 aliphatic rings. The van der Waals surface area contributed by atoms with Crippen LogP contribution in [0.4, 0.5) is 5.69 Å². The zero-order valence-corrected chi connectivity index (χ0v) is 13.0. The second-order valence-electron chi connectivity index (χ2n) is 5.98. The Hall–Kier alpha value is -1.26. The van der Waals surface area contributed by atoms with Crippen LogP contribution in [0.25, 0.3) is 0 Å². The number of hydrogen-bond donors (Lipinski definition) is 1. The molecule has 2 N–H and O–H groups in total. The summed E-state index contributed by atoms with van der Waals surface area (Å²) in [4.78, 5) is 17.1. The number of hydrogen-bond acceptors (Lipinski definition) is 3. The fourth-order valence-electron chi connectivity index (χ4n) is 3.43. The molecular weight excluding hydrogens is 286 g/mol. The highest BCUT2D eigenvalue weighted by atomic mass is 35.5. The van der Waals surface area contributed by atoms with Crippen molar-refractivity contribution < 1.29 is 4.79 Å². The summed E-state index contributed by atoms with van der Waals surface area (Å²) in [6, 6.07) is 5.91. The molecule has 3 rings (SSSR count). The Bertz CT molecular complexity index is 520. The van der Waals surface area contributed by atoms with Crippen LogP contribution in [0.2, 0.25) is 5.02 Å². The van der Waals surface area contributed by atoms with Crippen molar-refractivity contribution in [2.45, 2.75) is 31.7 Å². The standard InChI is InChI=1S/C16H22ClN3O/c17-15-13(4-3-5-14(15)18)16(21)20-10-6-12(7-11-20)19-8-1-2-9-19/h3-5,12H,1-2,6-11,18H2. The second-order valence-corrected chi connectivity index (χ2v) is 6.35. The quantitative estimate of drug-likeness (QED) is 0.855. The summed E-state index contributed by atoms with van der Waals surface area (Å²) in [5, 5.41) is 0.379. The lowest BCUT2D eigenvalue weighted by atomic mass is 10.0. The van der Waals surface area contributed by atoms with E-state index in [1.165, 1.54) is 25.9 Å². The number of nitrogens with zero attached hydrogens (tertiary/aromatic N) is 2. The van der Waals surface area contributed by atoms with E-state index in [0.717, 1.165) is 25.9 Å². The summed E-state index contributed by atoms with van der Waals surface area (Å²) >= 11 is 6.16. The smallest absolute Gasteiger partial charge is 0.255 e. The number of carbonyl (C=O) groups excluding carboxylic acids is 1. The van der Waals surface area contributed by atoms with Gasteiger partial charge in [0.15, 0.2) is 0 Å². The van der Waals surface area contributed by atoms with Crippen LogP contribution >= 0.6 is 11.6 Å². The third-order valence-corrected chi connectivity index (χ3v) is 5.09. The highest BCUT2D eigenvalue weighted by Crippen LogP contribution is 2.27. The molecule has 0 unspecified atom stereocenters. The van der Waals surface area contributed by atoms with Gasteiger partial charge in [-0.05, 0) is 50.9 Å². The minimum absolute atomic E-state index is 0.00664. The molecule has 2 heterocycles. The molecule has 0 bridgehead atoms. The van der Waals surface area contributed by atoms with Gasteiger partial charge in [0.2, 0.25) is 0 Å². The molecule has 0 atom stereocenters. The number of halogens is 1. The number of nitrogens with two attached hydrogens (primary N) is 1. The summed E-state index contributed by atoms with van der Waals surface area (Å²) in [6.07, 6.45) is 4.76. The Morgan fingerprint density at radius 3 is 2.48 bits per heavy atom. The van der Waals surface area contributed by atoms with Crippen LogP contribution in [-0.4, -0.2) is 47.9 Å². The zero-order chi connectivity index (χ0) is 14.8. The number of benzene rings is 1. The summed E-state index contributed by atoms with van der Waals surface area (Å²) in [5.41, 5.74) is 6.77. The zero-order valence-electron chi connectivity index (χ0n) is 12.2. The second kappa shape index (κ2) is 6.24. The predicted octanol–water partition coefficient (Wildman–Crippen LogP) is 2.62. The minimum Gasteiger partial charge on any atom is -0.398 e. The lowest BCUT2D eigenvalue weighted by Crippen LogP contribution is -2.46. The van der Waals surface area contributed by atoms with Crippen molar-refractivity contribution in [3.8, 4) is 0 Å². The summed E-state index contributed by atoms with van der Waals surface area (Å²) in [5.74, 6) is 0.00664. The first-order chi connectivity index (χ1) is 10.2. The number of carbonyl (C=O) groups is 1. The monoisotopic (exact) mass is 307 g/mol. The van der Waals surface area contributed by atoms with Crippen molar-refractivity contribution in [2.24, 2.45) is 0 Å². The first-order valence-corrected chi connectivity index (χ1v) is 8.12. The van der Waals surface area contributed by atoms with E-state index in [2.05, 4.69) is 4.90 Å². The number of rotatable bonds is 2. The van der Waals surface area contributed by atoms with Gasteiger partial charge in [0.05, 0.1) is 16.3 Å². The van der Waals surface area contributed by atoms with E-state index in [-0.39, 0.29) is 5.91 Å². The molecule has 0 aliphatic carbocycles. The fourth-order valence-corrected chi connectivity index (χ4v) is 3.63. The Labute approximate surface area is 130 Å². The van der Waals surface area contributed by atoms with E-state index >= 15 is 0 Å². The topological polar surface area (TPSA) is 49.6 Å². The van der Waals surface area contributed by atoms with Crippen LogP contribution in [-0.2, 0) is 0 Å². The number of anilines is 1. The minimum atomic E-state index is 0.00664. The van der Waals surface area contributed by atoms with Gasteiger partial charge in [0.1, 0.15) is 0 Å². The number of likely N-dealkylation sites (tertiary alicyclic amines) is 2. The number of nitrogen functional groups attached to an aromatic ring is 1. The molecule has 1 aromatic rings. The number of piperidine rings is 1. The van der Waals surface area contributed by atoms with Crippen molar-refractivity contribution >= 4 is 23.2 Å². The average Bonchev–Trinajstić information content (AvgIpc) is 3.04. The van der Waals surface area contributed by atoms with Gasteiger partial charge < -0.3 is 15.5 Å². The van der Waals surface area contributed by atoms with Gasteiger partial charge in [-0.2, -0.15) is 0 Å². The van der Waals surface area contributed by atoms with Crippen molar-refractivity contribution in [2.75, 3.05) is 31.9 Å². The van der Waals surface area contributed by atoms with E-state index in [9.17, 15) is 4.79 Å². The third-order valence-electron chi connectivity index (χ3n) is 4.67. The van der Waals surface area contributed by atoms with E-state index in [4.69, 9.17) is 17.3 Å². The lowest BCUT2D eigenvalue weighted by Gasteiger charge is -2.36. The van der Waals surface area contributed by atoms with Crippen molar-refractivity contribution in [1.29, 1.82) is 0 Å². The molecule has 0 aromatic heterocycles. The van der Waals surface area contributed by atoms with Crippen LogP contribution in [0.3, 0.4) is 0 Å². The summed E-state index contributed by atoms with van der Waals surface area (Å²) < 4.78 is 0. The highest BCUT2D eigenvalue weighted by Gasteiger charge is 2.29. The third kappa shape index (κ3) is 3.01. The van der Waals surface area contributed by atoms with Gasteiger partial charge in [-0.15, -0.1) is 0 Å². The molecule has 114 valence electrons. The van der Waals surface area contributed by atoms with E-state index < -0.39 is 0 Å². The van der Waals surface area contributed by atoms with Crippen molar-refractivity contribution in [3.05, 3.63) is 28.8 Å². The lowest BCUT2D eigenvalue weighted by molar-refractivity contribution is 0.0644. The first kappa shape index (κ1) is 14.7. The van der Waals surface area contributed by atoms with Crippen molar-refractivity contribution in [1.82, 2.24) is 9.80 Å². The van der Waals surface area contributed by atoms with Gasteiger partial charge in [-0.3, -0.25) is 4.79 Å². The van der Waals surface area contributed by atoms with Crippen LogP contribution in [0.5, 0.6) is 0 Å². The predicted molar refractivity (Wildman–Crippen MR) is 85.6 cm³/mol.